The predicted octanol–water partition coefficient (Wildman–Crippen LogP) is -0.369. The van der Waals surface area contributed by atoms with Crippen molar-refractivity contribution in [2.45, 2.75) is 18.9 Å². The number of nitrogens with zero attached hydrogens (tertiary/aromatic N) is 2. The average molecular weight is 282 g/mol. The molecule has 2 aliphatic rings. The second-order valence-corrected chi connectivity index (χ2v) is 5.34. The second kappa shape index (κ2) is 6.85. The van der Waals surface area contributed by atoms with Crippen molar-refractivity contribution >= 4 is 11.8 Å². The topological polar surface area (TPSA) is 70.1 Å². The quantitative estimate of drug-likeness (QED) is 0.714. The largest absolute Gasteiger partial charge is 0.389 e. The van der Waals surface area contributed by atoms with E-state index >= 15 is 0 Å². The van der Waals surface area contributed by atoms with Gasteiger partial charge in [-0.25, -0.2) is 0 Å². The summed E-state index contributed by atoms with van der Waals surface area (Å²) in [7, 11) is 1.57. The average Bonchev–Trinajstić information content (AvgIpc) is 2.91. The lowest BCUT2D eigenvalue weighted by atomic mass is 10.1. The molecule has 0 saturated carbocycles. The van der Waals surface area contributed by atoms with Crippen molar-refractivity contribution in [1.29, 1.82) is 0 Å². The number of rotatable bonds is 4. The van der Waals surface area contributed by atoms with E-state index in [1.165, 1.54) is 4.90 Å². The molecule has 6 heteroatoms. The van der Waals surface area contributed by atoms with Crippen molar-refractivity contribution in [1.82, 2.24) is 9.80 Å². The molecule has 0 spiro atoms. The lowest BCUT2D eigenvalue weighted by molar-refractivity contribution is -0.141. The molecule has 6 nitrogen and oxygen atoms in total. The van der Waals surface area contributed by atoms with E-state index in [1.807, 2.05) is 12.2 Å². The Hall–Kier alpha value is -1.40. The minimum Gasteiger partial charge on any atom is -0.389 e. The number of aliphatic hydroxyl groups is 1. The van der Waals surface area contributed by atoms with E-state index in [-0.39, 0.29) is 37.4 Å². The van der Waals surface area contributed by atoms with Crippen molar-refractivity contribution in [2.24, 2.45) is 5.92 Å². The van der Waals surface area contributed by atoms with E-state index in [1.54, 1.807) is 12.0 Å². The van der Waals surface area contributed by atoms with Crippen molar-refractivity contribution < 1.29 is 19.4 Å². The van der Waals surface area contributed by atoms with Crippen molar-refractivity contribution in [3.63, 3.8) is 0 Å². The van der Waals surface area contributed by atoms with Gasteiger partial charge in [0.1, 0.15) is 0 Å². The van der Waals surface area contributed by atoms with Gasteiger partial charge in [-0.3, -0.25) is 9.59 Å². The fourth-order valence-electron chi connectivity index (χ4n) is 2.66. The van der Waals surface area contributed by atoms with Crippen LogP contribution in [0, 0.1) is 5.92 Å². The van der Waals surface area contributed by atoms with Gasteiger partial charge in [0.05, 0.1) is 19.3 Å². The number of hydrogen-bond donors (Lipinski definition) is 1. The molecule has 1 aliphatic carbocycles. The van der Waals surface area contributed by atoms with Crippen LogP contribution in [0.4, 0.5) is 0 Å². The molecule has 1 saturated heterocycles. The third-order valence-electron chi connectivity index (χ3n) is 3.78. The van der Waals surface area contributed by atoms with Crippen LogP contribution in [0.1, 0.15) is 12.8 Å². The smallest absolute Gasteiger partial charge is 0.242 e. The molecule has 1 heterocycles. The first kappa shape index (κ1) is 15.0. The molecule has 0 bridgehead atoms. The van der Waals surface area contributed by atoms with Gasteiger partial charge < -0.3 is 19.6 Å². The summed E-state index contributed by atoms with van der Waals surface area (Å²) in [5.74, 6) is -0.227. The van der Waals surface area contributed by atoms with Gasteiger partial charge in [0.25, 0.3) is 0 Å². The summed E-state index contributed by atoms with van der Waals surface area (Å²) in [6.45, 7) is 1.41. The molecule has 2 amide bonds. The molecule has 0 radical (unpaired) electrons. The number of carbonyl (C=O) groups is 2. The van der Waals surface area contributed by atoms with Crippen LogP contribution in [0.15, 0.2) is 12.2 Å². The van der Waals surface area contributed by atoms with Gasteiger partial charge in [0, 0.05) is 32.7 Å². The van der Waals surface area contributed by atoms with Crippen LogP contribution in [0.2, 0.25) is 0 Å². The second-order valence-electron chi connectivity index (χ2n) is 5.34. The number of hydrogen-bond acceptors (Lipinski definition) is 4. The summed E-state index contributed by atoms with van der Waals surface area (Å²) in [5.41, 5.74) is 0. The molecule has 1 fully saturated rings. The Morgan fingerprint density at radius 2 is 2.10 bits per heavy atom. The van der Waals surface area contributed by atoms with E-state index in [4.69, 9.17) is 4.74 Å². The van der Waals surface area contributed by atoms with Crippen LogP contribution < -0.4 is 0 Å². The van der Waals surface area contributed by atoms with E-state index in [9.17, 15) is 14.7 Å². The van der Waals surface area contributed by atoms with Crippen LogP contribution in [-0.2, 0) is 14.3 Å². The minimum absolute atomic E-state index is 0.0315. The Kier molecular flexibility index (Phi) is 5.14. The number of allylic oxidation sites excluding steroid dienone is 2. The van der Waals surface area contributed by atoms with Gasteiger partial charge in [-0.15, -0.1) is 0 Å². The fourth-order valence-corrected chi connectivity index (χ4v) is 2.66. The third kappa shape index (κ3) is 3.58. The zero-order valence-electron chi connectivity index (χ0n) is 11.8. The molecule has 112 valence electrons. The number of aliphatic hydroxyl groups excluding tert-OH is 1. The maximum absolute atomic E-state index is 12.3. The molecule has 1 atom stereocenters. The highest BCUT2D eigenvalue weighted by atomic mass is 16.5. The summed E-state index contributed by atoms with van der Waals surface area (Å²) in [4.78, 5) is 27.6. The van der Waals surface area contributed by atoms with Crippen LogP contribution in [0.25, 0.3) is 0 Å². The Balaban J connectivity index is 1.98. The summed E-state index contributed by atoms with van der Waals surface area (Å²) in [6, 6.07) is 0. The van der Waals surface area contributed by atoms with E-state index < -0.39 is 6.10 Å². The Bertz CT molecular complexity index is 389. The monoisotopic (exact) mass is 282 g/mol. The summed E-state index contributed by atoms with van der Waals surface area (Å²) < 4.78 is 4.96. The molecular formula is C14H22N2O4. The zero-order chi connectivity index (χ0) is 14.5. The van der Waals surface area contributed by atoms with E-state index in [0.717, 1.165) is 12.8 Å². The first-order valence-electron chi connectivity index (χ1n) is 7.00. The SMILES string of the molecule is COCCN1CC(O)CN(C(=O)C2CC=CC2)CC1=O. The molecule has 0 aromatic carbocycles. The standard InChI is InChI=1S/C14H22N2O4/c1-20-7-6-15-8-12(17)9-16(10-13(15)18)14(19)11-4-2-3-5-11/h2-3,11-12,17H,4-10H2,1H3. The third-order valence-corrected chi connectivity index (χ3v) is 3.78. The lowest BCUT2D eigenvalue weighted by Gasteiger charge is -2.24. The number of methoxy groups -OCH3 is 1. The van der Waals surface area contributed by atoms with Gasteiger partial charge in [0.2, 0.25) is 11.8 Å². The summed E-state index contributed by atoms with van der Waals surface area (Å²) in [6.07, 6.45) is 4.74. The summed E-state index contributed by atoms with van der Waals surface area (Å²) in [5, 5.41) is 9.99. The Morgan fingerprint density at radius 1 is 1.40 bits per heavy atom. The molecule has 1 unspecified atom stereocenters. The van der Waals surface area contributed by atoms with Crippen molar-refractivity contribution in [3.8, 4) is 0 Å². The number of carbonyl (C=O) groups excluding carboxylic acids is 2. The number of β-amino-alcohol motifs (C(OH)–C–C–N with tert-alkyl or cyclic N) is 1. The normalized spacial score (nSPS) is 24.3. The van der Waals surface area contributed by atoms with Crippen LogP contribution in [0.3, 0.4) is 0 Å². The maximum Gasteiger partial charge on any atom is 0.242 e. The van der Waals surface area contributed by atoms with Crippen molar-refractivity contribution in [3.05, 3.63) is 12.2 Å². The predicted molar refractivity (Wildman–Crippen MR) is 72.9 cm³/mol. The Morgan fingerprint density at radius 3 is 2.75 bits per heavy atom. The molecule has 1 aliphatic heterocycles. The molecule has 2 rings (SSSR count). The molecule has 0 aromatic heterocycles. The van der Waals surface area contributed by atoms with Crippen molar-refractivity contribution in [2.75, 3.05) is 39.9 Å². The number of ether oxygens (including phenoxy) is 1. The number of amides is 2. The molecule has 0 aromatic rings. The zero-order valence-corrected chi connectivity index (χ0v) is 11.8. The van der Waals surface area contributed by atoms with Gasteiger partial charge in [-0.2, -0.15) is 0 Å². The van der Waals surface area contributed by atoms with Gasteiger partial charge in [-0.1, -0.05) is 12.2 Å². The highest BCUT2D eigenvalue weighted by molar-refractivity contribution is 5.86. The van der Waals surface area contributed by atoms with Gasteiger partial charge >= 0.3 is 0 Å². The van der Waals surface area contributed by atoms with E-state index in [2.05, 4.69) is 0 Å². The van der Waals surface area contributed by atoms with Gasteiger partial charge in [0.15, 0.2) is 0 Å². The van der Waals surface area contributed by atoms with Crippen LogP contribution in [0.5, 0.6) is 0 Å². The molecular weight excluding hydrogens is 260 g/mol. The van der Waals surface area contributed by atoms with E-state index in [0.29, 0.717) is 13.2 Å². The molecule has 20 heavy (non-hydrogen) atoms. The fraction of sp³-hybridized carbons (Fsp3) is 0.714. The first-order chi connectivity index (χ1) is 9.61. The first-order valence-corrected chi connectivity index (χ1v) is 7.00. The molecule has 1 N–H and O–H groups in total. The maximum atomic E-state index is 12.3. The van der Waals surface area contributed by atoms with Crippen LogP contribution >= 0.6 is 0 Å². The van der Waals surface area contributed by atoms with Crippen LogP contribution in [-0.4, -0.2) is 72.7 Å². The Labute approximate surface area is 119 Å². The highest BCUT2D eigenvalue weighted by Crippen LogP contribution is 2.21. The highest BCUT2D eigenvalue weighted by Gasteiger charge is 2.32. The summed E-state index contributed by atoms with van der Waals surface area (Å²) >= 11 is 0. The van der Waals surface area contributed by atoms with Gasteiger partial charge in [-0.05, 0) is 12.8 Å². The minimum atomic E-state index is -0.698. The lowest BCUT2D eigenvalue weighted by Crippen LogP contribution is -2.42.